The standard InChI is InChI=1S/C26H32N4O3/c1-18-7-10-22(33-18)16-29-14-13-24-23(17-29)25(26(31)27-20-5-3-4-6-20)28-30(24)15-19-8-11-21(32-2)12-9-19/h7-12,20H,3-6,13-17H2,1-2H3,(H,27,31). The number of aryl methyl sites for hydroxylation is 1. The van der Waals surface area contributed by atoms with Crippen LogP contribution in [0, 0.1) is 6.92 Å². The smallest absolute Gasteiger partial charge is 0.272 e. The molecule has 0 bridgehead atoms. The molecule has 2 aromatic heterocycles. The van der Waals surface area contributed by atoms with Gasteiger partial charge in [-0.1, -0.05) is 25.0 Å². The molecule has 7 heteroatoms. The third-order valence-electron chi connectivity index (χ3n) is 6.79. The molecule has 1 aromatic carbocycles. The highest BCUT2D eigenvalue weighted by atomic mass is 16.5. The summed E-state index contributed by atoms with van der Waals surface area (Å²) in [5.74, 6) is 2.68. The molecule has 1 N–H and O–H groups in total. The Morgan fingerprint density at radius 1 is 1.15 bits per heavy atom. The first-order chi connectivity index (χ1) is 16.1. The monoisotopic (exact) mass is 448 g/mol. The Labute approximate surface area is 194 Å². The van der Waals surface area contributed by atoms with E-state index in [9.17, 15) is 4.79 Å². The van der Waals surface area contributed by atoms with Gasteiger partial charge in [-0.3, -0.25) is 14.4 Å². The van der Waals surface area contributed by atoms with Crippen molar-refractivity contribution in [3.63, 3.8) is 0 Å². The Morgan fingerprint density at radius 3 is 2.64 bits per heavy atom. The lowest BCUT2D eigenvalue weighted by molar-refractivity contribution is 0.0929. The van der Waals surface area contributed by atoms with Crippen LogP contribution in [0.3, 0.4) is 0 Å². The summed E-state index contributed by atoms with van der Waals surface area (Å²) >= 11 is 0. The fraction of sp³-hybridized carbons (Fsp3) is 0.462. The predicted molar refractivity (Wildman–Crippen MR) is 125 cm³/mol. The van der Waals surface area contributed by atoms with Gasteiger partial charge in [-0.05, 0) is 49.6 Å². The van der Waals surface area contributed by atoms with Crippen molar-refractivity contribution >= 4 is 5.91 Å². The van der Waals surface area contributed by atoms with Crippen LogP contribution in [0.1, 0.15) is 64.5 Å². The molecule has 1 fully saturated rings. The molecule has 0 atom stereocenters. The van der Waals surface area contributed by atoms with Crippen LogP contribution in [0.15, 0.2) is 40.8 Å². The molecule has 0 saturated heterocycles. The zero-order valence-electron chi connectivity index (χ0n) is 19.5. The van der Waals surface area contributed by atoms with Gasteiger partial charge < -0.3 is 14.5 Å². The summed E-state index contributed by atoms with van der Waals surface area (Å²) in [6, 6.07) is 12.3. The Bertz CT molecular complexity index is 1110. The highest BCUT2D eigenvalue weighted by Crippen LogP contribution is 2.26. The minimum atomic E-state index is -0.0395. The highest BCUT2D eigenvalue weighted by molar-refractivity contribution is 5.94. The number of hydrogen-bond donors (Lipinski definition) is 1. The van der Waals surface area contributed by atoms with Gasteiger partial charge in [0.25, 0.3) is 5.91 Å². The molecule has 3 aromatic rings. The second-order valence-corrected chi connectivity index (χ2v) is 9.21. The predicted octanol–water partition coefficient (Wildman–Crippen LogP) is 4.07. The molecule has 0 unspecified atom stereocenters. The van der Waals surface area contributed by atoms with E-state index < -0.39 is 0 Å². The summed E-state index contributed by atoms with van der Waals surface area (Å²) in [6.45, 7) is 4.95. The zero-order chi connectivity index (χ0) is 22.8. The van der Waals surface area contributed by atoms with E-state index in [1.807, 2.05) is 35.9 Å². The number of fused-ring (bicyclic) bond motifs is 1. The maximum absolute atomic E-state index is 13.2. The molecule has 0 spiro atoms. The summed E-state index contributed by atoms with van der Waals surface area (Å²) in [7, 11) is 1.67. The van der Waals surface area contributed by atoms with Crippen molar-refractivity contribution in [3.05, 3.63) is 70.4 Å². The maximum Gasteiger partial charge on any atom is 0.272 e. The average Bonchev–Trinajstić information content (AvgIpc) is 3.55. The summed E-state index contributed by atoms with van der Waals surface area (Å²) < 4.78 is 13.1. The van der Waals surface area contributed by atoms with Gasteiger partial charge in [0.15, 0.2) is 5.69 Å². The van der Waals surface area contributed by atoms with Crippen LogP contribution in [-0.4, -0.2) is 40.3 Å². The van der Waals surface area contributed by atoms with Gasteiger partial charge in [-0.2, -0.15) is 5.10 Å². The van der Waals surface area contributed by atoms with E-state index in [-0.39, 0.29) is 11.9 Å². The number of amides is 1. The first-order valence-electron chi connectivity index (χ1n) is 11.9. The molecule has 7 nitrogen and oxygen atoms in total. The normalized spacial score (nSPS) is 16.7. The summed E-state index contributed by atoms with van der Waals surface area (Å²) in [5.41, 5.74) is 3.92. The van der Waals surface area contributed by atoms with Crippen LogP contribution < -0.4 is 10.1 Å². The lowest BCUT2D eigenvalue weighted by atomic mass is 10.0. The first-order valence-corrected chi connectivity index (χ1v) is 11.9. The SMILES string of the molecule is COc1ccc(Cn2nc(C(=O)NC3CCCC3)c3c2CCN(Cc2ccc(C)o2)C3)cc1. The minimum Gasteiger partial charge on any atom is -0.497 e. The number of carbonyl (C=O) groups excluding carboxylic acids is 1. The van der Waals surface area contributed by atoms with E-state index in [1.54, 1.807) is 7.11 Å². The number of furan rings is 1. The number of ether oxygens (including phenoxy) is 1. The molecule has 1 aliphatic heterocycles. The van der Waals surface area contributed by atoms with Gasteiger partial charge in [0.05, 0.1) is 20.2 Å². The molecule has 3 heterocycles. The number of hydrogen-bond acceptors (Lipinski definition) is 5. The van der Waals surface area contributed by atoms with Crippen molar-refractivity contribution < 1.29 is 13.9 Å². The third kappa shape index (κ3) is 4.83. The molecule has 0 radical (unpaired) electrons. The van der Waals surface area contributed by atoms with Crippen LogP contribution >= 0.6 is 0 Å². The van der Waals surface area contributed by atoms with Crippen molar-refractivity contribution in [2.45, 2.75) is 64.7 Å². The topological polar surface area (TPSA) is 72.5 Å². The zero-order valence-corrected chi connectivity index (χ0v) is 19.5. The molecule has 2 aliphatic rings. The Balaban J connectivity index is 1.40. The van der Waals surface area contributed by atoms with Gasteiger partial charge in [-0.15, -0.1) is 0 Å². The van der Waals surface area contributed by atoms with Crippen molar-refractivity contribution in [1.82, 2.24) is 20.0 Å². The number of carbonyl (C=O) groups is 1. The van der Waals surface area contributed by atoms with E-state index in [0.29, 0.717) is 18.8 Å². The van der Waals surface area contributed by atoms with Crippen LogP contribution in [-0.2, 0) is 26.1 Å². The van der Waals surface area contributed by atoms with Gasteiger partial charge in [-0.25, -0.2) is 0 Å². The summed E-state index contributed by atoms with van der Waals surface area (Å²) in [5, 5.41) is 8.08. The van der Waals surface area contributed by atoms with Crippen LogP contribution in [0.4, 0.5) is 0 Å². The van der Waals surface area contributed by atoms with Crippen LogP contribution in [0.2, 0.25) is 0 Å². The number of aromatic nitrogens is 2. The molecule has 174 valence electrons. The van der Waals surface area contributed by atoms with Crippen molar-refractivity contribution in [3.8, 4) is 5.75 Å². The molecule has 1 amide bonds. The quantitative estimate of drug-likeness (QED) is 0.590. The van der Waals surface area contributed by atoms with E-state index in [1.165, 1.54) is 12.8 Å². The summed E-state index contributed by atoms with van der Waals surface area (Å²) in [6.07, 6.45) is 5.35. The maximum atomic E-state index is 13.2. The largest absolute Gasteiger partial charge is 0.497 e. The number of benzene rings is 1. The second kappa shape index (κ2) is 9.43. The Kier molecular flexibility index (Phi) is 6.22. The number of nitrogens with one attached hydrogen (secondary N) is 1. The summed E-state index contributed by atoms with van der Waals surface area (Å²) in [4.78, 5) is 15.6. The van der Waals surface area contributed by atoms with E-state index >= 15 is 0 Å². The van der Waals surface area contributed by atoms with Crippen LogP contribution in [0.5, 0.6) is 5.75 Å². The van der Waals surface area contributed by atoms with Crippen molar-refractivity contribution in [2.24, 2.45) is 0 Å². The Morgan fingerprint density at radius 2 is 1.94 bits per heavy atom. The number of methoxy groups -OCH3 is 1. The fourth-order valence-corrected chi connectivity index (χ4v) is 5.01. The van der Waals surface area contributed by atoms with Gasteiger partial charge in [0, 0.05) is 36.8 Å². The van der Waals surface area contributed by atoms with E-state index in [2.05, 4.69) is 22.3 Å². The number of nitrogens with zero attached hydrogens (tertiary/aromatic N) is 3. The molecule has 33 heavy (non-hydrogen) atoms. The van der Waals surface area contributed by atoms with E-state index in [4.69, 9.17) is 14.3 Å². The number of rotatable bonds is 7. The molecular weight excluding hydrogens is 416 g/mol. The molecule has 5 rings (SSSR count). The fourth-order valence-electron chi connectivity index (χ4n) is 5.01. The van der Waals surface area contributed by atoms with Crippen LogP contribution in [0.25, 0.3) is 0 Å². The lowest BCUT2D eigenvalue weighted by Crippen LogP contribution is -2.35. The second-order valence-electron chi connectivity index (χ2n) is 9.21. The van der Waals surface area contributed by atoms with Crippen molar-refractivity contribution in [2.75, 3.05) is 13.7 Å². The average molecular weight is 449 g/mol. The minimum absolute atomic E-state index is 0.0395. The van der Waals surface area contributed by atoms with Gasteiger partial charge in [0.1, 0.15) is 17.3 Å². The highest BCUT2D eigenvalue weighted by Gasteiger charge is 2.30. The molecular formula is C26H32N4O3. The van der Waals surface area contributed by atoms with E-state index in [0.717, 1.165) is 66.4 Å². The third-order valence-corrected chi connectivity index (χ3v) is 6.79. The first kappa shape index (κ1) is 21.8. The van der Waals surface area contributed by atoms with Gasteiger partial charge >= 0.3 is 0 Å². The Hall–Kier alpha value is -3.06. The van der Waals surface area contributed by atoms with Crippen molar-refractivity contribution in [1.29, 1.82) is 0 Å². The lowest BCUT2D eigenvalue weighted by Gasteiger charge is -2.27. The molecule has 1 saturated carbocycles. The van der Waals surface area contributed by atoms with Gasteiger partial charge in [0.2, 0.25) is 0 Å². The molecule has 1 aliphatic carbocycles.